The molecule has 0 aliphatic carbocycles. The van der Waals surface area contributed by atoms with Crippen molar-refractivity contribution in [2.24, 2.45) is 5.92 Å². The first-order chi connectivity index (χ1) is 15.1. The molecule has 3 aromatic rings. The predicted molar refractivity (Wildman–Crippen MR) is 129 cm³/mol. The number of aryl methyl sites for hydroxylation is 1. The SMILES string of the molecule is C=CCN(CC=C)C(=O)C1CCN(c2nc(C)nc3sc(-c4ccccc4)cc23)CC1. The lowest BCUT2D eigenvalue weighted by molar-refractivity contribution is -0.135. The molecule has 1 saturated heterocycles. The zero-order valence-corrected chi connectivity index (χ0v) is 18.8. The Bertz CT molecular complexity index is 1070. The average Bonchev–Trinajstić information content (AvgIpc) is 3.22. The van der Waals surface area contributed by atoms with Crippen LogP contribution in [0.2, 0.25) is 0 Å². The van der Waals surface area contributed by atoms with Gasteiger partial charge >= 0.3 is 0 Å². The van der Waals surface area contributed by atoms with Crippen LogP contribution >= 0.6 is 11.3 Å². The van der Waals surface area contributed by atoms with E-state index in [0.717, 1.165) is 47.8 Å². The molecular weight excluding hydrogens is 404 g/mol. The number of amides is 1. The highest BCUT2D eigenvalue weighted by Crippen LogP contribution is 2.37. The molecule has 160 valence electrons. The van der Waals surface area contributed by atoms with Crippen LogP contribution in [0.4, 0.5) is 5.82 Å². The predicted octanol–water partition coefficient (Wildman–Crippen LogP) is 5.08. The maximum atomic E-state index is 12.9. The van der Waals surface area contributed by atoms with Gasteiger partial charge in [-0.25, -0.2) is 9.97 Å². The smallest absolute Gasteiger partial charge is 0.226 e. The van der Waals surface area contributed by atoms with Crippen LogP contribution < -0.4 is 4.90 Å². The molecule has 0 spiro atoms. The Morgan fingerprint density at radius 3 is 2.48 bits per heavy atom. The maximum absolute atomic E-state index is 12.9. The molecule has 31 heavy (non-hydrogen) atoms. The maximum Gasteiger partial charge on any atom is 0.226 e. The molecular formula is C25H28N4OS. The lowest BCUT2D eigenvalue weighted by atomic mass is 9.95. The number of nitrogens with zero attached hydrogens (tertiary/aromatic N) is 4. The summed E-state index contributed by atoms with van der Waals surface area (Å²) < 4.78 is 0. The standard InChI is InChI=1S/C25H28N4OS/c1-4-13-29(14-5-2)25(30)20-11-15-28(16-12-20)23-21-17-22(19-9-7-6-8-10-19)31-24(21)27-18(3)26-23/h4-10,17,20H,1-2,11-16H2,3H3. The lowest BCUT2D eigenvalue weighted by Crippen LogP contribution is -2.43. The van der Waals surface area contributed by atoms with Gasteiger partial charge in [0.1, 0.15) is 16.5 Å². The number of aromatic nitrogens is 2. The Morgan fingerprint density at radius 1 is 1.16 bits per heavy atom. The third-order valence-corrected chi connectivity index (χ3v) is 6.78. The van der Waals surface area contributed by atoms with Gasteiger partial charge in [0.2, 0.25) is 5.91 Å². The second-order valence-electron chi connectivity index (χ2n) is 7.87. The van der Waals surface area contributed by atoms with Gasteiger partial charge in [-0.2, -0.15) is 0 Å². The van der Waals surface area contributed by atoms with Crippen LogP contribution in [0.25, 0.3) is 20.7 Å². The summed E-state index contributed by atoms with van der Waals surface area (Å²) >= 11 is 1.71. The molecule has 1 fully saturated rings. The summed E-state index contributed by atoms with van der Waals surface area (Å²) in [6, 6.07) is 12.6. The van der Waals surface area contributed by atoms with Crippen molar-refractivity contribution in [1.82, 2.24) is 14.9 Å². The molecule has 1 aliphatic heterocycles. The molecule has 0 saturated carbocycles. The normalized spacial score (nSPS) is 14.5. The Balaban J connectivity index is 1.55. The van der Waals surface area contributed by atoms with Crippen molar-refractivity contribution in [3.8, 4) is 10.4 Å². The Morgan fingerprint density at radius 2 is 1.84 bits per heavy atom. The third-order valence-electron chi connectivity index (χ3n) is 5.70. The molecule has 0 bridgehead atoms. The summed E-state index contributed by atoms with van der Waals surface area (Å²) in [6.45, 7) is 12.2. The number of carbonyl (C=O) groups excluding carboxylic acids is 1. The molecule has 0 N–H and O–H groups in total. The number of rotatable bonds is 7. The van der Waals surface area contributed by atoms with E-state index in [0.29, 0.717) is 13.1 Å². The van der Waals surface area contributed by atoms with Crippen LogP contribution in [0.15, 0.2) is 61.7 Å². The van der Waals surface area contributed by atoms with Crippen LogP contribution in [0.1, 0.15) is 18.7 Å². The van der Waals surface area contributed by atoms with Crippen molar-refractivity contribution < 1.29 is 4.79 Å². The molecule has 1 aliphatic rings. The molecule has 2 aromatic heterocycles. The minimum absolute atomic E-state index is 0.0388. The molecule has 0 atom stereocenters. The second-order valence-corrected chi connectivity index (χ2v) is 8.90. The summed E-state index contributed by atoms with van der Waals surface area (Å²) in [5.74, 6) is 2.01. The van der Waals surface area contributed by atoms with Crippen LogP contribution in [0.5, 0.6) is 0 Å². The summed E-state index contributed by atoms with van der Waals surface area (Å²) in [7, 11) is 0. The van der Waals surface area contributed by atoms with Crippen molar-refractivity contribution >= 4 is 33.3 Å². The van der Waals surface area contributed by atoms with E-state index >= 15 is 0 Å². The van der Waals surface area contributed by atoms with Crippen molar-refractivity contribution in [1.29, 1.82) is 0 Å². The molecule has 1 amide bonds. The highest BCUT2D eigenvalue weighted by Gasteiger charge is 2.29. The summed E-state index contributed by atoms with van der Waals surface area (Å²) in [5, 5.41) is 1.10. The number of thiophene rings is 1. The summed E-state index contributed by atoms with van der Waals surface area (Å²) in [6.07, 6.45) is 5.20. The van der Waals surface area contributed by atoms with Gasteiger partial charge in [0, 0.05) is 37.0 Å². The number of hydrogen-bond acceptors (Lipinski definition) is 5. The van der Waals surface area contributed by atoms with Crippen molar-refractivity contribution in [2.45, 2.75) is 19.8 Å². The number of benzene rings is 1. The zero-order valence-electron chi connectivity index (χ0n) is 18.0. The fourth-order valence-corrected chi connectivity index (χ4v) is 5.24. The number of fused-ring (bicyclic) bond motifs is 1. The van der Waals surface area contributed by atoms with E-state index in [1.165, 1.54) is 10.4 Å². The molecule has 0 radical (unpaired) electrons. The second kappa shape index (κ2) is 9.43. The van der Waals surface area contributed by atoms with Crippen molar-refractivity contribution in [2.75, 3.05) is 31.1 Å². The molecule has 3 heterocycles. The third kappa shape index (κ3) is 4.54. The van der Waals surface area contributed by atoms with Gasteiger partial charge in [-0.3, -0.25) is 4.79 Å². The molecule has 0 unspecified atom stereocenters. The van der Waals surface area contributed by atoms with Gasteiger partial charge < -0.3 is 9.80 Å². The quantitative estimate of drug-likeness (QED) is 0.488. The summed E-state index contributed by atoms with van der Waals surface area (Å²) in [4.78, 5) is 28.8. The van der Waals surface area contributed by atoms with Gasteiger partial charge in [0.25, 0.3) is 0 Å². The fraction of sp³-hybridized carbons (Fsp3) is 0.320. The molecule has 6 heteroatoms. The van der Waals surface area contributed by atoms with E-state index in [-0.39, 0.29) is 11.8 Å². The van der Waals surface area contributed by atoms with E-state index in [4.69, 9.17) is 4.98 Å². The monoisotopic (exact) mass is 432 g/mol. The van der Waals surface area contributed by atoms with E-state index < -0.39 is 0 Å². The van der Waals surface area contributed by atoms with Crippen LogP contribution in [0.3, 0.4) is 0 Å². The topological polar surface area (TPSA) is 49.3 Å². The van der Waals surface area contributed by atoms with E-state index in [9.17, 15) is 4.79 Å². The van der Waals surface area contributed by atoms with Crippen LogP contribution in [-0.2, 0) is 4.79 Å². The van der Waals surface area contributed by atoms with E-state index in [1.807, 2.05) is 17.9 Å². The number of piperidine rings is 1. The van der Waals surface area contributed by atoms with Gasteiger partial charge in [0.15, 0.2) is 0 Å². The largest absolute Gasteiger partial charge is 0.356 e. The zero-order chi connectivity index (χ0) is 21.8. The highest BCUT2D eigenvalue weighted by molar-refractivity contribution is 7.21. The van der Waals surface area contributed by atoms with Gasteiger partial charge in [-0.15, -0.1) is 24.5 Å². The van der Waals surface area contributed by atoms with Crippen LogP contribution in [0, 0.1) is 12.8 Å². The number of hydrogen-bond donors (Lipinski definition) is 0. The van der Waals surface area contributed by atoms with Crippen molar-refractivity contribution in [3.63, 3.8) is 0 Å². The first kappa shape index (κ1) is 21.2. The number of carbonyl (C=O) groups is 1. The molecule has 4 rings (SSSR count). The fourth-order valence-electron chi connectivity index (χ4n) is 4.16. The lowest BCUT2D eigenvalue weighted by Gasteiger charge is -2.34. The van der Waals surface area contributed by atoms with E-state index in [2.05, 4.69) is 53.4 Å². The number of anilines is 1. The Hall–Kier alpha value is -2.99. The Kier molecular flexibility index (Phi) is 6.47. The Labute approximate surface area is 187 Å². The van der Waals surface area contributed by atoms with E-state index in [1.54, 1.807) is 23.5 Å². The minimum Gasteiger partial charge on any atom is -0.356 e. The molecule has 5 nitrogen and oxygen atoms in total. The molecule has 1 aromatic carbocycles. The minimum atomic E-state index is 0.0388. The highest BCUT2D eigenvalue weighted by atomic mass is 32.1. The first-order valence-corrected chi connectivity index (χ1v) is 11.5. The first-order valence-electron chi connectivity index (χ1n) is 10.7. The van der Waals surface area contributed by atoms with Crippen LogP contribution in [-0.4, -0.2) is 47.0 Å². The van der Waals surface area contributed by atoms with Gasteiger partial charge in [0.05, 0.1) is 5.39 Å². The summed E-state index contributed by atoms with van der Waals surface area (Å²) in [5.41, 5.74) is 1.20. The average molecular weight is 433 g/mol. The van der Waals surface area contributed by atoms with Gasteiger partial charge in [-0.1, -0.05) is 42.5 Å². The van der Waals surface area contributed by atoms with Crippen molar-refractivity contribution in [3.05, 3.63) is 67.5 Å². The van der Waals surface area contributed by atoms with Gasteiger partial charge in [-0.05, 0) is 31.4 Å².